The Morgan fingerprint density at radius 1 is 1.67 bits per heavy atom. The summed E-state index contributed by atoms with van der Waals surface area (Å²) in [6.45, 7) is 3.48. The molecule has 2 atom stereocenters. The van der Waals surface area contributed by atoms with Crippen molar-refractivity contribution in [3.05, 3.63) is 0 Å². The van der Waals surface area contributed by atoms with E-state index in [4.69, 9.17) is 5.11 Å². The number of hydrogen-bond acceptors (Lipinski definition) is 2. The summed E-state index contributed by atoms with van der Waals surface area (Å²) in [6, 6.07) is -0.734. The van der Waals surface area contributed by atoms with Gasteiger partial charge in [-0.3, -0.25) is 4.79 Å². The standard InChI is InChI=1S/C7H15NO3S/c1-3-4-5-12(11)8-6(2)7(9)10/h6,8H,3-5H2,1-2H3,(H,9,10). The molecule has 0 aliphatic rings. The van der Waals surface area contributed by atoms with Gasteiger partial charge >= 0.3 is 5.97 Å². The van der Waals surface area contributed by atoms with Crippen molar-refractivity contribution < 1.29 is 14.1 Å². The molecule has 0 heterocycles. The number of aliphatic carboxylic acids is 1. The summed E-state index contributed by atoms with van der Waals surface area (Å²) in [5, 5.41) is 8.46. The van der Waals surface area contributed by atoms with Crippen molar-refractivity contribution in [2.45, 2.75) is 32.7 Å². The van der Waals surface area contributed by atoms with E-state index in [-0.39, 0.29) is 0 Å². The second-order valence-electron chi connectivity index (χ2n) is 2.58. The van der Waals surface area contributed by atoms with Gasteiger partial charge in [-0.05, 0) is 13.3 Å². The fourth-order valence-corrected chi connectivity index (χ4v) is 1.75. The molecule has 5 heteroatoms. The van der Waals surface area contributed by atoms with Crippen molar-refractivity contribution in [1.82, 2.24) is 4.72 Å². The minimum Gasteiger partial charge on any atom is -0.480 e. The molecule has 2 N–H and O–H groups in total. The van der Waals surface area contributed by atoms with E-state index in [0.29, 0.717) is 5.75 Å². The van der Waals surface area contributed by atoms with E-state index < -0.39 is 23.0 Å². The lowest BCUT2D eigenvalue weighted by Crippen LogP contribution is -2.35. The van der Waals surface area contributed by atoms with Crippen molar-refractivity contribution in [2.24, 2.45) is 0 Å². The molecule has 12 heavy (non-hydrogen) atoms. The van der Waals surface area contributed by atoms with Crippen LogP contribution < -0.4 is 4.72 Å². The van der Waals surface area contributed by atoms with Gasteiger partial charge in [0.05, 0.1) is 11.0 Å². The molecule has 0 saturated heterocycles. The lowest BCUT2D eigenvalue weighted by atomic mass is 10.4. The Labute approximate surface area is 74.9 Å². The number of carbonyl (C=O) groups is 1. The molecule has 0 aromatic carbocycles. The molecule has 0 bridgehead atoms. The van der Waals surface area contributed by atoms with Gasteiger partial charge in [0.25, 0.3) is 0 Å². The van der Waals surface area contributed by atoms with Crippen molar-refractivity contribution in [2.75, 3.05) is 5.75 Å². The highest BCUT2D eigenvalue weighted by Gasteiger charge is 2.12. The summed E-state index contributed by atoms with van der Waals surface area (Å²) in [5.74, 6) is -0.450. The fourth-order valence-electron chi connectivity index (χ4n) is 0.582. The average Bonchev–Trinajstić information content (AvgIpc) is 2.00. The largest absolute Gasteiger partial charge is 0.480 e. The summed E-state index contributed by atoms with van der Waals surface area (Å²) in [5.41, 5.74) is 0. The normalized spacial score (nSPS) is 15.5. The Kier molecular flexibility index (Phi) is 5.92. The van der Waals surface area contributed by atoms with Crippen LogP contribution in [0.4, 0.5) is 0 Å². The molecule has 0 aromatic heterocycles. The molecule has 0 fully saturated rings. The summed E-state index contributed by atoms with van der Waals surface area (Å²) < 4.78 is 13.5. The quantitative estimate of drug-likeness (QED) is 0.646. The molecule has 0 aliphatic heterocycles. The van der Waals surface area contributed by atoms with Crippen LogP contribution in [-0.2, 0) is 15.8 Å². The number of carboxylic acid groups (broad SMARTS) is 1. The van der Waals surface area contributed by atoms with Gasteiger partial charge < -0.3 is 5.11 Å². The van der Waals surface area contributed by atoms with Crippen LogP contribution >= 0.6 is 0 Å². The first-order valence-corrected chi connectivity index (χ1v) is 5.27. The Balaban J connectivity index is 3.61. The molecule has 0 aliphatic carbocycles. The highest BCUT2D eigenvalue weighted by molar-refractivity contribution is 7.83. The fraction of sp³-hybridized carbons (Fsp3) is 0.857. The van der Waals surface area contributed by atoms with E-state index >= 15 is 0 Å². The van der Waals surface area contributed by atoms with Gasteiger partial charge in [0.1, 0.15) is 6.04 Å². The van der Waals surface area contributed by atoms with Crippen molar-refractivity contribution in [3.63, 3.8) is 0 Å². The molecule has 0 saturated carbocycles. The van der Waals surface area contributed by atoms with E-state index in [1.54, 1.807) is 0 Å². The van der Waals surface area contributed by atoms with Gasteiger partial charge in [-0.2, -0.15) is 0 Å². The van der Waals surface area contributed by atoms with Gasteiger partial charge in [-0.1, -0.05) is 13.3 Å². The van der Waals surface area contributed by atoms with E-state index in [0.717, 1.165) is 12.8 Å². The molecule has 0 radical (unpaired) electrons. The second kappa shape index (κ2) is 6.14. The molecular weight excluding hydrogens is 178 g/mol. The lowest BCUT2D eigenvalue weighted by molar-refractivity contribution is -0.138. The molecule has 0 rings (SSSR count). The summed E-state index contributed by atoms with van der Waals surface area (Å²) >= 11 is 0. The maximum atomic E-state index is 11.1. The van der Waals surface area contributed by atoms with Crippen molar-refractivity contribution >= 4 is 17.0 Å². The lowest BCUT2D eigenvalue weighted by Gasteiger charge is -2.07. The minimum absolute atomic E-state index is 0.522. The molecule has 0 spiro atoms. The molecule has 0 amide bonds. The third-order valence-corrected chi connectivity index (χ3v) is 2.64. The monoisotopic (exact) mass is 193 g/mol. The summed E-state index contributed by atoms with van der Waals surface area (Å²) in [4.78, 5) is 10.3. The first-order valence-electron chi connectivity index (χ1n) is 3.95. The number of nitrogens with one attached hydrogen (secondary N) is 1. The minimum atomic E-state index is -1.20. The Morgan fingerprint density at radius 2 is 2.25 bits per heavy atom. The maximum Gasteiger partial charge on any atom is 0.321 e. The van der Waals surface area contributed by atoms with E-state index in [1.165, 1.54) is 6.92 Å². The van der Waals surface area contributed by atoms with Crippen LogP contribution in [0.25, 0.3) is 0 Å². The maximum absolute atomic E-state index is 11.1. The number of unbranched alkanes of at least 4 members (excludes halogenated alkanes) is 1. The predicted octanol–water partition coefficient (Wildman–Crippen LogP) is 0.513. The topological polar surface area (TPSA) is 66.4 Å². The molecular formula is C7H15NO3S. The van der Waals surface area contributed by atoms with Crippen LogP contribution in [0.1, 0.15) is 26.7 Å². The molecule has 0 aromatic rings. The molecule has 72 valence electrons. The van der Waals surface area contributed by atoms with Crippen LogP contribution in [0.5, 0.6) is 0 Å². The van der Waals surface area contributed by atoms with Crippen LogP contribution in [0.2, 0.25) is 0 Å². The smallest absolute Gasteiger partial charge is 0.321 e. The van der Waals surface area contributed by atoms with Crippen LogP contribution in [0.3, 0.4) is 0 Å². The third kappa shape index (κ3) is 5.26. The van der Waals surface area contributed by atoms with E-state index in [2.05, 4.69) is 4.72 Å². The predicted molar refractivity (Wildman–Crippen MR) is 48.2 cm³/mol. The van der Waals surface area contributed by atoms with Crippen molar-refractivity contribution in [1.29, 1.82) is 0 Å². The third-order valence-electron chi connectivity index (χ3n) is 1.36. The Bertz CT molecular complexity index is 172. The average molecular weight is 193 g/mol. The van der Waals surface area contributed by atoms with Crippen LogP contribution in [0.15, 0.2) is 0 Å². The molecule has 2 unspecified atom stereocenters. The zero-order chi connectivity index (χ0) is 9.56. The first-order chi connectivity index (χ1) is 5.57. The SMILES string of the molecule is CCCCS(=O)NC(C)C(=O)O. The zero-order valence-corrected chi connectivity index (χ0v) is 8.19. The van der Waals surface area contributed by atoms with E-state index in [1.807, 2.05) is 6.92 Å². The van der Waals surface area contributed by atoms with E-state index in [9.17, 15) is 9.00 Å². The molecule has 4 nitrogen and oxygen atoms in total. The highest BCUT2D eigenvalue weighted by atomic mass is 32.2. The number of hydrogen-bond donors (Lipinski definition) is 2. The van der Waals surface area contributed by atoms with Gasteiger partial charge in [-0.25, -0.2) is 8.93 Å². The van der Waals surface area contributed by atoms with Crippen LogP contribution in [-0.4, -0.2) is 27.1 Å². The van der Waals surface area contributed by atoms with Gasteiger partial charge in [0.2, 0.25) is 0 Å². The summed E-state index contributed by atoms with van der Waals surface area (Å²) in [6.07, 6.45) is 1.82. The van der Waals surface area contributed by atoms with Crippen LogP contribution in [0, 0.1) is 0 Å². The van der Waals surface area contributed by atoms with Gasteiger partial charge in [0.15, 0.2) is 0 Å². The Hall–Kier alpha value is -0.420. The Morgan fingerprint density at radius 3 is 2.67 bits per heavy atom. The summed E-state index contributed by atoms with van der Waals surface area (Å²) in [7, 11) is -1.20. The second-order valence-corrected chi connectivity index (χ2v) is 3.92. The van der Waals surface area contributed by atoms with Gasteiger partial charge in [0, 0.05) is 5.75 Å². The van der Waals surface area contributed by atoms with Crippen molar-refractivity contribution in [3.8, 4) is 0 Å². The first kappa shape index (κ1) is 11.6. The zero-order valence-electron chi connectivity index (χ0n) is 7.37. The number of rotatable bonds is 6. The number of carboxylic acids is 1. The van der Waals surface area contributed by atoms with Gasteiger partial charge in [-0.15, -0.1) is 0 Å². The highest BCUT2D eigenvalue weighted by Crippen LogP contribution is 1.91.